The van der Waals surface area contributed by atoms with E-state index in [0.29, 0.717) is 5.41 Å². The number of rotatable bonds is 3. The number of nitrogens with two attached hydrogens (primary N) is 1. The lowest BCUT2D eigenvalue weighted by Gasteiger charge is -2.35. The topological polar surface area (TPSA) is 38.9 Å². The van der Waals surface area contributed by atoms with Gasteiger partial charge in [0.1, 0.15) is 0 Å². The monoisotopic (exact) mass is 210 g/mol. The van der Waals surface area contributed by atoms with Crippen molar-refractivity contribution in [3.63, 3.8) is 0 Å². The second-order valence-corrected chi connectivity index (χ2v) is 5.35. The van der Waals surface area contributed by atoms with Gasteiger partial charge in [0.2, 0.25) is 0 Å². The van der Waals surface area contributed by atoms with Crippen LogP contribution in [0.25, 0.3) is 0 Å². The van der Waals surface area contributed by atoms with E-state index in [-0.39, 0.29) is 0 Å². The van der Waals surface area contributed by atoms with Gasteiger partial charge in [0.05, 0.1) is 5.01 Å². The standard InChI is InChI=1S/C11H18N2S/c12-9-11(4-2-1-3-5-11)8-10-13-6-7-14-10/h6-7H,1-5,8-9,12H2. The van der Waals surface area contributed by atoms with Crippen molar-refractivity contribution in [3.05, 3.63) is 16.6 Å². The van der Waals surface area contributed by atoms with Crippen molar-refractivity contribution in [2.75, 3.05) is 6.54 Å². The molecule has 0 amide bonds. The highest BCUT2D eigenvalue weighted by atomic mass is 32.1. The Balaban J connectivity index is 2.04. The summed E-state index contributed by atoms with van der Waals surface area (Å²) in [6.07, 6.45) is 9.67. The van der Waals surface area contributed by atoms with Crippen LogP contribution in [0.3, 0.4) is 0 Å². The lowest BCUT2D eigenvalue weighted by atomic mass is 9.72. The van der Waals surface area contributed by atoms with Gasteiger partial charge in [-0.2, -0.15) is 0 Å². The molecule has 0 aliphatic heterocycles. The van der Waals surface area contributed by atoms with Crippen molar-refractivity contribution in [1.82, 2.24) is 4.98 Å². The van der Waals surface area contributed by atoms with Crippen LogP contribution in [0.2, 0.25) is 0 Å². The van der Waals surface area contributed by atoms with Gasteiger partial charge in [0.25, 0.3) is 0 Å². The van der Waals surface area contributed by atoms with Gasteiger partial charge in [-0.3, -0.25) is 0 Å². The molecule has 1 saturated carbocycles. The molecule has 2 rings (SSSR count). The summed E-state index contributed by atoms with van der Waals surface area (Å²) in [6.45, 7) is 0.826. The van der Waals surface area contributed by atoms with E-state index >= 15 is 0 Å². The average Bonchev–Trinajstić information content (AvgIpc) is 2.72. The maximum absolute atomic E-state index is 5.93. The van der Waals surface area contributed by atoms with Crippen LogP contribution in [0, 0.1) is 5.41 Å². The highest BCUT2D eigenvalue weighted by Crippen LogP contribution is 2.38. The van der Waals surface area contributed by atoms with Crippen LogP contribution in [0.5, 0.6) is 0 Å². The Morgan fingerprint density at radius 2 is 2.14 bits per heavy atom. The van der Waals surface area contributed by atoms with E-state index < -0.39 is 0 Å². The first-order chi connectivity index (χ1) is 6.85. The summed E-state index contributed by atoms with van der Waals surface area (Å²) in [4.78, 5) is 4.37. The second kappa shape index (κ2) is 4.41. The van der Waals surface area contributed by atoms with E-state index in [4.69, 9.17) is 5.73 Å². The third-order valence-corrected chi connectivity index (χ3v) is 4.14. The molecular weight excluding hydrogens is 192 g/mol. The summed E-state index contributed by atoms with van der Waals surface area (Å²) in [6, 6.07) is 0. The minimum Gasteiger partial charge on any atom is -0.330 e. The molecule has 78 valence electrons. The van der Waals surface area contributed by atoms with Crippen LogP contribution in [-0.2, 0) is 6.42 Å². The zero-order valence-corrected chi connectivity index (χ0v) is 9.35. The Bertz CT molecular complexity index is 263. The van der Waals surface area contributed by atoms with Crippen molar-refractivity contribution in [3.8, 4) is 0 Å². The van der Waals surface area contributed by atoms with E-state index in [1.807, 2.05) is 6.20 Å². The molecular formula is C11H18N2S. The fourth-order valence-corrected chi connectivity index (χ4v) is 3.21. The van der Waals surface area contributed by atoms with Gasteiger partial charge in [-0.15, -0.1) is 11.3 Å². The SMILES string of the molecule is NCC1(Cc2nccs2)CCCCC1. The zero-order valence-electron chi connectivity index (χ0n) is 8.54. The average molecular weight is 210 g/mol. The molecule has 0 aromatic carbocycles. The molecule has 0 spiro atoms. The largest absolute Gasteiger partial charge is 0.330 e. The number of hydrogen-bond acceptors (Lipinski definition) is 3. The Hall–Kier alpha value is -0.410. The van der Waals surface area contributed by atoms with E-state index in [1.54, 1.807) is 11.3 Å². The quantitative estimate of drug-likeness (QED) is 0.833. The third-order valence-electron chi connectivity index (χ3n) is 3.36. The minimum absolute atomic E-state index is 0.371. The van der Waals surface area contributed by atoms with E-state index in [2.05, 4.69) is 10.4 Å². The first kappa shape index (κ1) is 10.1. The van der Waals surface area contributed by atoms with Gasteiger partial charge >= 0.3 is 0 Å². The van der Waals surface area contributed by atoms with Crippen LogP contribution in [-0.4, -0.2) is 11.5 Å². The molecule has 14 heavy (non-hydrogen) atoms. The van der Waals surface area contributed by atoms with E-state index in [1.165, 1.54) is 37.1 Å². The van der Waals surface area contributed by atoms with Crippen LogP contribution >= 0.6 is 11.3 Å². The van der Waals surface area contributed by atoms with E-state index in [9.17, 15) is 0 Å². The van der Waals surface area contributed by atoms with Crippen molar-refractivity contribution < 1.29 is 0 Å². The highest BCUT2D eigenvalue weighted by molar-refractivity contribution is 7.09. The van der Waals surface area contributed by atoms with Crippen molar-refractivity contribution in [1.29, 1.82) is 0 Å². The molecule has 0 saturated heterocycles. The number of thiazole rings is 1. The first-order valence-corrected chi connectivity index (χ1v) is 6.31. The molecule has 1 heterocycles. The molecule has 0 radical (unpaired) electrons. The molecule has 1 aromatic heterocycles. The highest BCUT2D eigenvalue weighted by Gasteiger charge is 2.31. The minimum atomic E-state index is 0.371. The fourth-order valence-electron chi connectivity index (χ4n) is 2.42. The zero-order chi connectivity index (χ0) is 9.86. The molecule has 2 N–H and O–H groups in total. The van der Waals surface area contributed by atoms with Gasteiger partial charge in [-0.25, -0.2) is 4.98 Å². The van der Waals surface area contributed by atoms with Gasteiger partial charge in [0.15, 0.2) is 0 Å². The maximum Gasteiger partial charge on any atom is 0.0930 e. The molecule has 1 aliphatic rings. The lowest BCUT2D eigenvalue weighted by molar-refractivity contribution is 0.197. The molecule has 1 aliphatic carbocycles. The fraction of sp³-hybridized carbons (Fsp3) is 0.727. The number of aromatic nitrogens is 1. The summed E-state index contributed by atoms with van der Waals surface area (Å²) in [7, 11) is 0. The lowest BCUT2D eigenvalue weighted by Crippen LogP contribution is -2.34. The Morgan fingerprint density at radius 3 is 2.71 bits per heavy atom. The molecule has 0 unspecified atom stereocenters. The Labute approximate surface area is 89.5 Å². The Kier molecular flexibility index (Phi) is 3.19. The first-order valence-electron chi connectivity index (χ1n) is 5.43. The molecule has 1 aromatic rings. The summed E-state index contributed by atoms with van der Waals surface area (Å²) in [5, 5.41) is 3.32. The smallest absolute Gasteiger partial charge is 0.0930 e. The van der Waals surface area contributed by atoms with Crippen LogP contribution < -0.4 is 5.73 Å². The molecule has 1 fully saturated rings. The third kappa shape index (κ3) is 2.15. The van der Waals surface area contributed by atoms with Crippen molar-refractivity contribution in [2.24, 2.45) is 11.1 Å². The predicted octanol–water partition coefficient (Wildman–Crippen LogP) is 2.59. The summed E-state index contributed by atoms with van der Waals surface area (Å²) >= 11 is 1.76. The molecule has 0 atom stereocenters. The van der Waals surface area contributed by atoms with Crippen molar-refractivity contribution >= 4 is 11.3 Å². The predicted molar refractivity (Wildman–Crippen MR) is 60.4 cm³/mol. The van der Waals surface area contributed by atoms with Crippen LogP contribution in [0.1, 0.15) is 37.1 Å². The van der Waals surface area contributed by atoms with E-state index in [0.717, 1.165) is 13.0 Å². The van der Waals surface area contributed by atoms with Crippen LogP contribution in [0.4, 0.5) is 0 Å². The molecule has 2 nitrogen and oxygen atoms in total. The van der Waals surface area contributed by atoms with Gasteiger partial charge in [-0.1, -0.05) is 19.3 Å². The van der Waals surface area contributed by atoms with Gasteiger partial charge < -0.3 is 5.73 Å². The summed E-state index contributed by atoms with van der Waals surface area (Å²) in [5.41, 5.74) is 6.30. The van der Waals surface area contributed by atoms with Crippen molar-refractivity contribution in [2.45, 2.75) is 38.5 Å². The number of hydrogen-bond donors (Lipinski definition) is 1. The summed E-state index contributed by atoms with van der Waals surface area (Å²) < 4.78 is 0. The van der Waals surface area contributed by atoms with Gasteiger partial charge in [0, 0.05) is 18.0 Å². The second-order valence-electron chi connectivity index (χ2n) is 4.37. The normalized spacial score (nSPS) is 20.9. The Morgan fingerprint density at radius 1 is 1.36 bits per heavy atom. The molecule has 3 heteroatoms. The van der Waals surface area contributed by atoms with Crippen LogP contribution in [0.15, 0.2) is 11.6 Å². The summed E-state index contributed by atoms with van der Waals surface area (Å²) in [5.74, 6) is 0. The number of nitrogens with zero attached hydrogens (tertiary/aromatic N) is 1. The maximum atomic E-state index is 5.93. The molecule has 0 bridgehead atoms. The van der Waals surface area contributed by atoms with Gasteiger partial charge in [-0.05, 0) is 24.8 Å².